The van der Waals surface area contributed by atoms with Gasteiger partial charge in [-0.2, -0.15) is 0 Å². The Balaban J connectivity index is 1.48. The molecule has 0 nitrogen and oxygen atoms in total. The Morgan fingerprint density at radius 2 is 0.696 bits per heavy atom. The molecule has 0 aromatic heterocycles. The van der Waals surface area contributed by atoms with E-state index >= 15 is 0 Å². The molecule has 0 aliphatic carbocycles. The molecule has 0 saturated carbocycles. The summed E-state index contributed by atoms with van der Waals surface area (Å²) in [7, 11) is 0. The molecular formula is C46H30. The van der Waals surface area contributed by atoms with Crippen molar-refractivity contribution in [1.29, 1.82) is 0 Å². The Bertz CT molecular complexity index is 3190. The van der Waals surface area contributed by atoms with Crippen LogP contribution in [0.5, 0.6) is 0 Å². The molecular weight excluding hydrogens is 553 g/mol. The van der Waals surface area contributed by atoms with Crippen molar-refractivity contribution in [3.63, 3.8) is 0 Å². The van der Waals surface area contributed by atoms with Crippen LogP contribution < -0.4 is 0 Å². The van der Waals surface area contributed by atoms with Gasteiger partial charge in [0.2, 0.25) is 0 Å². The van der Waals surface area contributed by atoms with E-state index in [4.69, 9.17) is 12.3 Å². The van der Waals surface area contributed by atoms with Crippen LogP contribution in [0, 0.1) is 0 Å². The highest BCUT2D eigenvalue weighted by Crippen LogP contribution is 2.47. The normalized spacial score (nSPS) is 15.4. The Kier molecular flexibility index (Phi) is 3.87. The fourth-order valence-electron chi connectivity index (χ4n) is 6.69. The molecule has 0 amide bonds. The largest absolute Gasteiger partial charge is 0.0629 e. The fourth-order valence-corrected chi connectivity index (χ4v) is 6.69. The number of rotatable bonds is 4. The average molecular weight is 596 g/mol. The molecule has 214 valence electrons. The first-order valence-electron chi connectivity index (χ1n) is 21.4. The van der Waals surface area contributed by atoms with Crippen molar-refractivity contribution in [2.75, 3.05) is 0 Å². The Morgan fingerprint density at radius 3 is 1.33 bits per heavy atom. The van der Waals surface area contributed by atoms with Gasteiger partial charge in [-0.15, -0.1) is 0 Å². The van der Waals surface area contributed by atoms with Crippen LogP contribution in [0.4, 0.5) is 0 Å². The smallest absolute Gasteiger partial charge is 0.0622 e. The van der Waals surface area contributed by atoms with Crippen molar-refractivity contribution >= 4 is 43.1 Å². The Labute approximate surface area is 287 Å². The second-order valence-corrected chi connectivity index (χ2v) is 11.0. The Morgan fingerprint density at radius 1 is 0.261 bits per heavy atom. The van der Waals surface area contributed by atoms with Gasteiger partial charge in [0.25, 0.3) is 0 Å². The predicted molar refractivity (Wildman–Crippen MR) is 198 cm³/mol. The molecule has 9 aromatic rings. The maximum Gasteiger partial charge on any atom is 0.0629 e. The highest BCUT2D eigenvalue weighted by Gasteiger charge is 2.19. The molecule has 0 aliphatic rings. The third-order valence-corrected chi connectivity index (χ3v) is 8.62. The molecule has 46 heavy (non-hydrogen) atoms. The molecule has 9 rings (SSSR count). The predicted octanol–water partition coefficient (Wildman–Crippen LogP) is 13.0. The molecule has 0 N–H and O–H groups in total. The van der Waals surface area contributed by atoms with E-state index in [2.05, 4.69) is 30.3 Å². The second kappa shape index (κ2) is 10.9. The Hall–Kier alpha value is -5.98. The monoisotopic (exact) mass is 595 g/mol. The lowest BCUT2D eigenvalue weighted by atomic mass is 9.83. The summed E-state index contributed by atoms with van der Waals surface area (Å²) in [6.45, 7) is 0. The van der Waals surface area contributed by atoms with Gasteiger partial charge >= 0.3 is 0 Å². The van der Waals surface area contributed by atoms with Gasteiger partial charge in [-0.25, -0.2) is 0 Å². The van der Waals surface area contributed by atoms with E-state index in [-0.39, 0.29) is 32.7 Å². The summed E-state index contributed by atoms with van der Waals surface area (Å²) >= 11 is 0. The summed E-state index contributed by atoms with van der Waals surface area (Å²) in [6.07, 6.45) is 0. The topological polar surface area (TPSA) is 0 Å². The number of hydrogen-bond donors (Lipinski definition) is 0. The minimum Gasteiger partial charge on any atom is -0.0622 e. The first-order valence-corrected chi connectivity index (χ1v) is 14.9. The first-order chi connectivity index (χ1) is 28.3. The lowest BCUT2D eigenvalue weighted by molar-refractivity contribution is 1.64. The van der Waals surface area contributed by atoms with Crippen molar-refractivity contribution in [2.45, 2.75) is 0 Å². The fraction of sp³-hybridized carbons (Fsp3) is 0. The molecule has 9 aromatic carbocycles. The number of fused-ring (bicyclic) bond motifs is 4. The molecule has 0 aliphatic heterocycles. The summed E-state index contributed by atoms with van der Waals surface area (Å²) in [5.41, 5.74) is 3.66. The van der Waals surface area contributed by atoms with Gasteiger partial charge in [0.1, 0.15) is 0 Å². The molecule has 0 radical (unpaired) electrons. The van der Waals surface area contributed by atoms with E-state index in [0.717, 1.165) is 38.4 Å². The third kappa shape index (κ3) is 4.15. The van der Waals surface area contributed by atoms with Gasteiger partial charge in [-0.05, 0) is 87.6 Å². The zero-order chi connectivity index (χ0) is 41.8. The van der Waals surface area contributed by atoms with Gasteiger partial charge < -0.3 is 0 Å². The van der Waals surface area contributed by atoms with E-state index in [9.17, 15) is 5.48 Å². The van der Waals surface area contributed by atoms with Gasteiger partial charge in [-0.3, -0.25) is 0 Å². The van der Waals surface area contributed by atoms with Crippen LogP contribution in [0.15, 0.2) is 182 Å². The second-order valence-electron chi connectivity index (χ2n) is 11.0. The van der Waals surface area contributed by atoms with E-state index in [1.807, 2.05) is 66.7 Å². The standard InChI is InChI=1S/C46H30/c1-3-15-31(16-4-1)33-25-13-27-36-34(33)26-14-28-37(36)39-29-30-44(38-20-8-7-19-35(38)39)46-42-23-11-9-21-40(42)45(32-17-5-2-6-18-32)41-22-10-12-24-43(41)46/h1-30H/i2D,5D,6D,9D,10D,11D,12D,17D,18D,21D,22D,23D,24D. The molecule has 0 bridgehead atoms. The van der Waals surface area contributed by atoms with Gasteiger partial charge in [0, 0.05) is 0 Å². The van der Waals surface area contributed by atoms with Gasteiger partial charge in [-0.1, -0.05) is 182 Å². The molecule has 0 heteroatoms. The molecule has 0 saturated heterocycles. The summed E-state index contributed by atoms with van der Waals surface area (Å²) in [6, 6.07) is 25.3. The van der Waals surface area contributed by atoms with Crippen molar-refractivity contribution in [1.82, 2.24) is 0 Å². The van der Waals surface area contributed by atoms with Crippen LogP contribution in [0.3, 0.4) is 0 Å². The maximum absolute atomic E-state index is 9.38. The molecule has 0 unspecified atom stereocenters. The van der Waals surface area contributed by atoms with Gasteiger partial charge in [0.05, 0.1) is 17.8 Å². The zero-order valence-corrected chi connectivity index (χ0v) is 24.3. The van der Waals surface area contributed by atoms with E-state index in [1.54, 1.807) is 6.07 Å². The van der Waals surface area contributed by atoms with Crippen LogP contribution in [-0.4, -0.2) is 0 Å². The minimum atomic E-state index is -0.709. The van der Waals surface area contributed by atoms with E-state index in [1.165, 1.54) is 0 Å². The third-order valence-electron chi connectivity index (χ3n) is 8.62. The highest BCUT2D eigenvalue weighted by molar-refractivity contribution is 6.24. The van der Waals surface area contributed by atoms with Crippen LogP contribution in [0.25, 0.3) is 87.6 Å². The van der Waals surface area contributed by atoms with Crippen molar-refractivity contribution < 1.29 is 17.8 Å². The molecule has 0 atom stereocenters. The van der Waals surface area contributed by atoms with Crippen LogP contribution >= 0.6 is 0 Å². The van der Waals surface area contributed by atoms with Crippen molar-refractivity contribution in [2.24, 2.45) is 0 Å². The van der Waals surface area contributed by atoms with Crippen molar-refractivity contribution in [3.8, 4) is 44.5 Å². The quantitative estimate of drug-likeness (QED) is 0.178. The molecule has 0 fully saturated rings. The minimum absolute atomic E-state index is 0.0946. The highest BCUT2D eigenvalue weighted by atomic mass is 14.2. The summed E-state index contributed by atoms with van der Waals surface area (Å²) in [5.74, 6) is 0. The first kappa shape index (κ1) is 16.4. The van der Waals surface area contributed by atoms with Crippen LogP contribution in [-0.2, 0) is 0 Å². The lowest BCUT2D eigenvalue weighted by Gasteiger charge is -2.20. The number of hydrogen-bond acceptors (Lipinski definition) is 0. The summed E-state index contributed by atoms with van der Waals surface area (Å²) < 4.78 is 116. The number of benzene rings is 9. The summed E-state index contributed by atoms with van der Waals surface area (Å²) in [4.78, 5) is 0. The zero-order valence-electron chi connectivity index (χ0n) is 37.3. The molecule has 0 heterocycles. The van der Waals surface area contributed by atoms with Crippen molar-refractivity contribution in [3.05, 3.63) is 182 Å². The van der Waals surface area contributed by atoms with Crippen LogP contribution in [0.2, 0.25) is 0 Å². The van der Waals surface area contributed by atoms with Crippen LogP contribution in [0.1, 0.15) is 17.8 Å². The maximum atomic E-state index is 9.38. The van der Waals surface area contributed by atoms with Gasteiger partial charge in [0.15, 0.2) is 0 Å². The SMILES string of the molecule is [2H]c1c([2H])c([2H])c(-c2c3c([2H])c([2H])c([2H])c([2H])c3c(-c3ccc(-c4cccc5c(-c6ccccc6)cccc45)c4ccccc34)c3c([2H])c([2H])c([2H])c([2H])c23)c([2H])c1[2H]. The summed E-state index contributed by atoms with van der Waals surface area (Å²) in [5, 5.41) is 2.71. The lowest BCUT2D eigenvalue weighted by Crippen LogP contribution is -1.92. The van der Waals surface area contributed by atoms with E-state index < -0.39 is 84.1 Å². The average Bonchev–Trinajstić information content (AvgIpc) is 3.26. The molecule has 0 spiro atoms. The van der Waals surface area contributed by atoms with E-state index in [0.29, 0.717) is 10.9 Å².